The van der Waals surface area contributed by atoms with Crippen LogP contribution in [0.25, 0.3) is 0 Å². The lowest BCUT2D eigenvalue weighted by molar-refractivity contribution is -0.0782. The van der Waals surface area contributed by atoms with Gasteiger partial charge in [-0.05, 0) is 25.8 Å². The molecule has 3 heterocycles. The maximum Gasteiger partial charge on any atom is 0.115 e. The zero-order valence-corrected chi connectivity index (χ0v) is 13.5. The fraction of sp³-hybridized carbons (Fsp3) is 0.750. The third kappa shape index (κ3) is 4.01. The summed E-state index contributed by atoms with van der Waals surface area (Å²) in [6.45, 7) is 9.18. The Morgan fingerprint density at radius 1 is 1.27 bits per heavy atom. The molecule has 0 spiro atoms. The molecule has 0 aromatic carbocycles. The lowest BCUT2D eigenvalue weighted by Crippen LogP contribution is -2.50. The highest BCUT2D eigenvalue weighted by atomic mass is 16.5. The van der Waals surface area contributed by atoms with Gasteiger partial charge in [-0.15, -0.1) is 0 Å². The molecule has 0 saturated carbocycles. The van der Waals surface area contributed by atoms with Gasteiger partial charge in [-0.2, -0.15) is 0 Å². The second-order valence-corrected chi connectivity index (χ2v) is 6.61. The topological polar surface area (TPSA) is 61.7 Å². The van der Waals surface area contributed by atoms with Gasteiger partial charge in [-0.25, -0.2) is 9.97 Å². The number of ether oxygens (including phenoxy) is 1. The van der Waals surface area contributed by atoms with Crippen LogP contribution < -0.4 is 0 Å². The summed E-state index contributed by atoms with van der Waals surface area (Å²) in [6, 6.07) is 0. The van der Waals surface area contributed by atoms with Crippen molar-refractivity contribution in [2.45, 2.75) is 45.1 Å². The number of aromatic nitrogens is 2. The maximum atomic E-state index is 10.4. The SMILES string of the molecule is C[C@@H]1CN(C[C@H](O)CN2CCc3cncnc3C2)C[C@@H](C)O1. The Labute approximate surface area is 132 Å². The number of aliphatic hydroxyl groups is 1. The molecule has 6 nitrogen and oxygen atoms in total. The Balaban J connectivity index is 1.49. The van der Waals surface area contributed by atoms with E-state index in [-0.39, 0.29) is 18.3 Å². The highest BCUT2D eigenvalue weighted by Gasteiger charge is 2.25. The zero-order chi connectivity index (χ0) is 15.5. The number of morpholine rings is 1. The van der Waals surface area contributed by atoms with Gasteiger partial charge in [-0.3, -0.25) is 9.80 Å². The van der Waals surface area contributed by atoms with E-state index in [2.05, 4.69) is 33.6 Å². The van der Waals surface area contributed by atoms with Crippen molar-refractivity contribution in [1.82, 2.24) is 19.8 Å². The van der Waals surface area contributed by atoms with E-state index in [9.17, 15) is 5.11 Å². The molecule has 2 aliphatic heterocycles. The normalized spacial score (nSPS) is 28.3. The summed E-state index contributed by atoms with van der Waals surface area (Å²) in [7, 11) is 0. The Morgan fingerprint density at radius 2 is 2.00 bits per heavy atom. The first kappa shape index (κ1) is 15.8. The summed E-state index contributed by atoms with van der Waals surface area (Å²) >= 11 is 0. The number of hydrogen-bond acceptors (Lipinski definition) is 6. The lowest BCUT2D eigenvalue weighted by Gasteiger charge is -2.37. The Morgan fingerprint density at radius 3 is 2.77 bits per heavy atom. The summed E-state index contributed by atoms with van der Waals surface area (Å²) in [4.78, 5) is 13.0. The van der Waals surface area contributed by atoms with Crippen molar-refractivity contribution in [3.05, 3.63) is 23.8 Å². The van der Waals surface area contributed by atoms with Crippen molar-refractivity contribution in [1.29, 1.82) is 0 Å². The molecule has 0 unspecified atom stereocenters. The molecule has 0 radical (unpaired) electrons. The summed E-state index contributed by atoms with van der Waals surface area (Å²) in [5, 5.41) is 10.4. The number of rotatable bonds is 4. The number of aliphatic hydroxyl groups excluding tert-OH is 1. The highest BCUT2D eigenvalue weighted by molar-refractivity contribution is 5.18. The molecule has 6 heteroatoms. The monoisotopic (exact) mass is 306 g/mol. The van der Waals surface area contributed by atoms with Crippen LogP contribution in [0.1, 0.15) is 25.1 Å². The first-order chi connectivity index (χ1) is 10.6. The summed E-state index contributed by atoms with van der Waals surface area (Å²) in [5.74, 6) is 0. The minimum Gasteiger partial charge on any atom is -0.390 e. The van der Waals surface area contributed by atoms with E-state index in [4.69, 9.17) is 4.74 Å². The predicted molar refractivity (Wildman–Crippen MR) is 83.5 cm³/mol. The van der Waals surface area contributed by atoms with E-state index >= 15 is 0 Å². The molecule has 22 heavy (non-hydrogen) atoms. The molecular weight excluding hydrogens is 280 g/mol. The van der Waals surface area contributed by atoms with Gasteiger partial charge in [0.2, 0.25) is 0 Å². The summed E-state index contributed by atoms with van der Waals surface area (Å²) in [6.07, 6.45) is 4.64. The van der Waals surface area contributed by atoms with E-state index in [1.807, 2.05) is 6.20 Å². The van der Waals surface area contributed by atoms with Crippen LogP contribution in [0.15, 0.2) is 12.5 Å². The molecule has 0 amide bonds. The van der Waals surface area contributed by atoms with Crippen LogP contribution >= 0.6 is 0 Å². The number of hydrogen-bond donors (Lipinski definition) is 1. The molecule has 1 saturated heterocycles. The average molecular weight is 306 g/mol. The average Bonchev–Trinajstić information content (AvgIpc) is 2.45. The van der Waals surface area contributed by atoms with Gasteiger partial charge in [0.25, 0.3) is 0 Å². The van der Waals surface area contributed by atoms with Crippen molar-refractivity contribution >= 4 is 0 Å². The standard InChI is InChI=1S/C16H26N4O2/c1-12-6-20(7-13(2)22-12)9-15(21)8-19-4-3-14-5-17-11-18-16(14)10-19/h5,11-13,15,21H,3-4,6-10H2,1-2H3/t12-,13-,15-/m1/s1. The largest absolute Gasteiger partial charge is 0.390 e. The van der Waals surface area contributed by atoms with Gasteiger partial charge in [-0.1, -0.05) is 0 Å². The van der Waals surface area contributed by atoms with Gasteiger partial charge in [0.1, 0.15) is 6.33 Å². The minimum absolute atomic E-state index is 0.245. The maximum absolute atomic E-state index is 10.4. The zero-order valence-electron chi connectivity index (χ0n) is 13.5. The van der Waals surface area contributed by atoms with Crippen molar-refractivity contribution < 1.29 is 9.84 Å². The highest BCUT2D eigenvalue weighted by Crippen LogP contribution is 2.16. The van der Waals surface area contributed by atoms with Crippen LogP contribution in [0, 0.1) is 0 Å². The third-order valence-corrected chi connectivity index (χ3v) is 4.39. The Bertz CT molecular complexity index is 489. The van der Waals surface area contributed by atoms with Crippen LogP contribution in [-0.4, -0.2) is 75.9 Å². The molecule has 1 aromatic heterocycles. The smallest absolute Gasteiger partial charge is 0.115 e. The second-order valence-electron chi connectivity index (χ2n) is 6.61. The van der Waals surface area contributed by atoms with Gasteiger partial charge < -0.3 is 9.84 Å². The first-order valence-electron chi connectivity index (χ1n) is 8.16. The van der Waals surface area contributed by atoms with Crippen LogP contribution in [0.2, 0.25) is 0 Å². The van der Waals surface area contributed by atoms with Crippen molar-refractivity contribution in [3.8, 4) is 0 Å². The van der Waals surface area contributed by atoms with Crippen LogP contribution in [-0.2, 0) is 17.7 Å². The molecular formula is C16H26N4O2. The summed E-state index contributed by atoms with van der Waals surface area (Å²) in [5.41, 5.74) is 2.34. The van der Waals surface area contributed by atoms with Gasteiger partial charge >= 0.3 is 0 Å². The fourth-order valence-electron chi connectivity index (χ4n) is 3.55. The quantitative estimate of drug-likeness (QED) is 0.863. The molecule has 0 bridgehead atoms. The van der Waals surface area contributed by atoms with E-state index < -0.39 is 0 Å². The third-order valence-electron chi connectivity index (χ3n) is 4.39. The van der Waals surface area contributed by atoms with E-state index in [0.717, 1.165) is 38.3 Å². The number of fused-ring (bicyclic) bond motifs is 1. The molecule has 3 rings (SSSR count). The van der Waals surface area contributed by atoms with Crippen molar-refractivity contribution in [2.24, 2.45) is 0 Å². The van der Waals surface area contributed by atoms with Gasteiger partial charge in [0.15, 0.2) is 0 Å². The number of β-amino-alcohol motifs (C(OH)–C–C–N with tert-alkyl or cyclic N) is 1. The molecule has 2 aliphatic rings. The first-order valence-corrected chi connectivity index (χ1v) is 8.16. The molecule has 1 aromatic rings. The fourth-order valence-corrected chi connectivity index (χ4v) is 3.55. The predicted octanol–water partition coefficient (Wildman–Crippen LogP) is 0.305. The van der Waals surface area contributed by atoms with Crippen molar-refractivity contribution in [3.63, 3.8) is 0 Å². The van der Waals surface area contributed by atoms with E-state index in [1.165, 1.54) is 5.56 Å². The van der Waals surface area contributed by atoms with Crippen molar-refractivity contribution in [2.75, 3.05) is 32.7 Å². The molecule has 122 valence electrons. The lowest BCUT2D eigenvalue weighted by atomic mass is 10.1. The molecule has 3 atom stereocenters. The van der Waals surface area contributed by atoms with E-state index in [0.29, 0.717) is 13.1 Å². The molecule has 0 aliphatic carbocycles. The molecule has 1 fully saturated rings. The van der Waals surface area contributed by atoms with Gasteiger partial charge in [0.05, 0.1) is 24.0 Å². The van der Waals surface area contributed by atoms with Crippen LogP contribution in [0.5, 0.6) is 0 Å². The Kier molecular flexibility index (Phi) is 5.03. The van der Waals surface area contributed by atoms with Gasteiger partial charge in [0, 0.05) is 45.5 Å². The van der Waals surface area contributed by atoms with E-state index in [1.54, 1.807) is 6.33 Å². The van der Waals surface area contributed by atoms with Crippen LogP contribution in [0.4, 0.5) is 0 Å². The minimum atomic E-state index is -0.333. The Hall–Kier alpha value is -1.08. The summed E-state index contributed by atoms with van der Waals surface area (Å²) < 4.78 is 5.74. The van der Waals surface area contributed by atoms with Crippen LogP contribution in [0.3, 0.4) is 0 Å². The number of nitrogens with zero attached hydrogens (tertiary/aromatic N) is 4. The second kappa shape index (κ2) is 7.00. The molecule has 1 N–H and O–H groups in total.